The molecule has 0 bridgehead atoms. The molecule has 0 aliphatic carbocycles. The number of amides is 2. The Balaban J connectivity index is 1.24. The Labute approximate surface area is 204 Å². The van der Waals surface area contributed by atoms with Gasteiger partial charge in [0.15, 0.2) is 5.82 Å². The molecule has 0 unspecified atom stereocenters. The number of rotatable bonds is 6. The third kappa shape index (κ3) is 4.91. The minimum Gasteiger partial charge on any atom is -0.378 e. The third-order valence-electron chi connectivity index (χ3n) is 5.56. The molecule has 174 valence electrons. The predicted octanol–water partition coefficient (Wildman–Crippen LogP) is 4.30. The van der Waals surface area contributed by atoms with Crippen LogP contribution in [-0.2, 0) is 11.3 Å². The predicted molar refractivity (Wildman–Crippen MR) is 134 cm³/mol. The number of thiophene rings is 1. The Hall–Kier alpha value is -3.40. The van der Waals surface area contributed by atoms with Crippen molar-refractivity contribution in [3.63, 3.8) is 0 Å². The topological polar surface area (TPSA) is 99.3 Å². The number of carbonyl (C=O) groups excluding carboxylic acids is 2. The van der Waals surface area contributed by atoms with Crippen LogP contribution in [0.1, 0.15) is 25.6 Å². The summed E-state index contributed by atoms with van der Waals surface area (Å²) in [6.45, 7) is 3.48. The number of H-pyrrole nitrogens is 1. The van der Waals surface area contributed by atoms with Crippen LogP contribution in [0.15, 0.2) is 54.6 Å². The van der Waals surface area contributed by atoms with Crippen molar-refractivity contribution in [1.29, 1.82) is 0 Å². The van der Waals surface area contributed by atoms with E-state index in [0.717, 1.165) is 29.0 Å². The highest BCUT2D eigenvalue weighted by atomic mass is 35.5. The summed E-state index contributed by atoms with van der Waals surface area (Å²) in [5, 5.41) is 13.5. The monoisotopic (exact) mass is 495 g/mol. The lowest BCUT2D eigenvalue weighted by Gasteiger charge is -2.28. The standard InChI is InChI=1S/C24H22ClN5O3S/c25-17-5-1-15(2-6-17)14-26-24(32)20-13-19-21(34-20)22(29-28-19)27-23(31)16-3-7-18(8-4-16)30-9-11-33-12-10-30/h1-8,13H,9-12,14H2,(H,26,32)(H2,27,28,29,31). The van der Waals surface area contributed by atoms with E-state index in [1.54, 1.807) is 30.3 Å². The molecular weight excluding hydrogens is 474 g/mol. The molecule has 5 rings (SSSR count). The number of aromatic nitrogens is 2. The van der Waals surface area contributed by atoms with E-state index in [1.165, 1.54) is 11.3 Å². The van der Waals surface area contributed by atoms with Crippen molar-refractivity contribution in [2.75, 3.05) is 36.5 Å². The number of nitrogens with zero attached hydrogens (tertiary/aromatic N) is 2. The van der Waals surface area contributed by atoms with Crippen LogP contribution in [0.2, 0.25) is 5.02 Å². The molecule has 2 aromatic carbocycles. The molecule has 2 amide bonds. The fourth-order valence-electron chi connectivity index (χ4n) is 3.71. The van der Waals surface area contributed by atoms with Gasteiger partial charge in [-0.1, -0.05) is 23.7 Å². The quantitative estimate of drug-likeness (QED) is 0.370. The lowest BCUT2D eigenvalue weighted by atomic mass is 10.1. The highest BCUT2D eigenvalue weighted by molar-refractivity contribution is 7.21. The van der Waals surface area contributed by atoms with Gasteiger partial charge in [-0.25, -0.2) is 0 Å². The second-order valence-corrected chi connectivity index (χ2v) is 9.32. The third-order valence-corrected chi connectivity index (χ3v) is 6.96. The molecule has 1 fully saturated rings. The number of hydrogen-bond acceptors (Lipinski definition) is 6. The maximum atomic E-state index is 12.8. The number of anilines is 2. The molecule has 3 heterocycles. The minimum atomic E-state index is -0.260. The average molecular weight is 496 g/mol. The van der Waals surface area contributed by atoms with Gasteiger partial charge in [0.25, 0.3) is 11.8 Å². The first-order chi connectivity index (χ1) is 16.6. The number of hydrogen-bond donors (Lipinski definition) is 3. The molecule has 8 nitrogen and oxygen atoms in total. The number of aromatic amines is 1. The molecule has 34 heavy (non-hydrogen) atoms. The first-order valence-corrected chi connectivity index (χ1v) is 12.0. The summed E-state index contributed by atoms with van der Waals surface area (Å²) in [6, 6.07) is 16.5. The van der Waals surface area contributed by atoms with Gasteiger partial charge in [-0.3, -0.25) is 14.7 Å². The summed E-state index contributed by atoms with van der Waals surface area (Å²) in [5.41, 5.74) is 3.24. The molecule has 0 atom stereocenters. The molecule has 10 heteroatoms. The fraction of sp³-hybridized carbons (Fsp3) is 0.208. The number of halogens is 1. The fourth-order valence-corrected chi connectivity index (χ4v) is 4.81. The van der Waals surface area contributed by atoms with Crippen LogP contribution in [0.5, 0.6) is 0 Å². The van der Waals surface area contributed by atoms with Crippen molar-refractivity contribution in [2.24, 2.45) is 0 Å². The summed E-state index contributed by atoms with van der Waals surface area (Å²) in [6.07, 6.45) is 0. The van der Waals surface area contributed by atoms with E-state index in [-0.39, 0.29) is 11.8 Å². The van der Waals surface area contributed by atoms with E-state index in [2.05, 4.69) is 25.7 Å². The molecule has 1 aliphatic heterocycles. The Kier molecular flexibility index (Phi) is 6.48. The summed E-state index contributed by atoms with van der Waals surface area (Å²) in [7, 11) is 0. The normalized spacial score (nSPS) is 13.7. The molecule has 1 saturated heterocycles. The molecule has 3 N–H and O–H groups in total. The molecule has 1 aliphatic rings. The van der Waals surface area contributed by atoms with Crippen LogP contribution in [0, 0.1) is 0 Å². The van der Waals surface area contributed by atoms with Gasteiger partial charge in [0.2, 0.25) is 0 Å². The van der Waals surface area contributed by atoms with E-state index >= 15 is 0 Å². The van der Waals surface area contributed by atoms with Crippen LogP contribution >= 0.6 is 22.9 Å². The largest absolute Gasteiger partial charge is 0.378 e. The van der Waals surface area contributed by atoms with Crippen molar-refractivity contribution in [3.8, 4) is 0 Å². The van der Waals surface area contributed by atoms with E-state index in [4.69, 9.17) is 16.3 Å². The zero-order chi connectivity index (χ0) is 23.5. The molecule has 4 aromatic rings. The van der Waals surface area contributed by atoms with Gasteiger partial charge in [0.05, 0.1) is 28.3 Å². The van der Waals surface area contributed by atoms with Crippen LogP contribution in [0.3, 0.4) is 0 Å². The van der Waals surface area contributed by atoms with Crippen molar-refractivity contribution >= 4 is 56.5 Å². The SMILES string of the molecule is O=C(Nc1n[nH]c2cc(C(=O)NCc3ccc(Cl)cc3)sc12)c1ccc(N2CCOCC2)cc1. The highest BCUT2D eigenvalue weighted by Gasteiger charge is 2.18. The smallest absolute Gasteiger partial charge is 0.261 e. The summed E-state index contributed by atoms with van der Waals surface area (Å²) < 4.78 is 6.10. The molecule has 2 aromatic heterocycles. The van der Waals surface area contributed by atoms with E-state index in [1.807, 2.05) is 24.3 Å². The minimum absolute atomic E-state index is 0.194. The van der Waals surface area contributed by atoms with Crippen molar-refractivity contribution in [3.05, 3.63) is 75.6 Å². The summed E-state index contributed by atoms with van der Waals surface area (Å²) in [4.78, 5) is 28.2. The number of morpholine rings is 1. The summed E-state index contributed by atoms with van der Waals surface area (Å²) in [5.74, 6) is -0.0522. The van der Waals surface area contributed by atoms with Gasteiger partial charge in [-0.05, 0) is 48.0 Å². The van der Waals surface area contributed by atoms with Gasteiger partial charge >= 0.3 is 0 Å². The second-order valence-electron chi connectivity index (χ2n) is 7.84. The molecular formula is C24H22ClN5O3S. The van der Waals surface area contributed by atoms with E-state index in [9.17, 15) is 9.59 Å². The first-order valence-electron chi connectivity index (χ1n) is 10.8. The van der Waals surface area contributed by atoms with Crippen LogP contribution < -0.4 is 15.5 Å². The highest BCUT2D eigenvalue weighted by Crippen LogP contribution is 2.30. The van der Waals surface area contributed by atoms with Gasteiger partial charge in [0.1, 0.15) is 0 Å². The lowest BCUT2D eigenvalue weighted by molar-refractivity contribution is 0.0954. The molecule has 0 saturated carbocycles. The number of carbonyl (C=O) groups is 2. The van der Waals surface area contributed by atoms with Gasteiger partial charge in [-0.2, -0.15) is 5.10 Å². The Bertz CT molecular complexity index is 1310. The number of ether oxygens (including phenoxy) is 1. The maximum absolute atomic E-state index is 12.8. The molecule has 0 radical (unpaired) electrons. The van der Waals surface area contributed by atoms with E-state index < -0.39 is 0 Å². The summed E-state index contributed by atoms with van der Waals surface area (Å²) >= 11 is 7.18. The van der Waals surface area contributed by atoms with Crippen LogP contribution in [-0.4, -0.2) is 48.3 Å². The van der Waals surface area contributed by atoms with E-state index in [0.29, 0.717) is 46.6 Å². The van der Waals surface area contributed by atoms with Crippen LogP contribution in [0.25, 0.3) is 10.2 Å². The van der Waals surface area contributed by atoms with Crippen LogP contribution in [0.4, 0.5) is 11.5 Å². The Morgan fingerprint density at radius 2 is 1.79 bits per heavy atom. The first kappa shape index (κ1) is 22.4. The van der Waals surface area contributed by atoms with Crippen molar-refractivity contribution in [2.45, 2.75) is 6.54 Å². The van der Waals surface area contributed by atoms with Gasteiger partial charge in [-0.15, -0.1) is 11.3 Å². The Morgan fingerprint density at radius 1 is 1.06 bits per heavy atom. The maximum Gasteiger partial charge on any atom is 0.261 e. The zero-order valence-electron chi connectivity index (χ0n) is 18.1. The number of nitrogens with one attached hydrogen (secondary N) is 3. The Morgan fingerprint density at radius 3 is 2.53 bits per heavy atom. The zero-order valence-corrected chi connectivity index (χ0v) is 19.7. The van der Waals surface area contributed by atoms with Gasteiger partial charge < -0.3 is 20.3 Å². The number of fused-ring (bicyclic) bond motifs is 1. The van der Waals surface area contributed by atoms with Gasteiger partial charge in [0, 0.05) is 35.9 Å². The lowest BCUT2D eigenvalue weighted by Crippen LogP contribution is -2.36. The molecule has 0 spiro atoms. The number of benzene rings is 2. The van der Waals surface area contributed by atoms with Crippen molar-refractivity contribution < 1.29 is 14.3 Å². The second kappa shape index (κ2) is 9.84. The van der Waals surface area contributed by atoms with Crippen molar-refractivity contribution in [1.82, 2.24) is 15.5 Å². The average Bonchev–Trinajstić information content (AvgIpc) is 3.46.